The number of hydrogen-bond donors (Lipinski definition) is 1. The SMILES string of the molecule is CCOc1c(Br)cc(Cl)cc1NC1CCCC(CC)C1. The number of benzene rings is 1. The summed E-state index contributed by atoms with van der Waals surface area (Å²) in [5.74, 6) is 1.72. The summed E-state index contributed by atoms with van der Waals surface area (Å²) in [4.78, 5) is 0. The van der Waals surface area contributed by atoms with Crippen LogP contribution in [0.3, 0.4) is 0 Å². The van der Waals surface area contributed by atoms with E-state index < -0.39 is 0 Å². The highest BCUT2D eigenvalue weighted by Crippen LogP contribution is 2.38. The van der Waals surface area contributed by atoms with Gasteiger partial charge in [-0.25, -0.2) is 0 Å². The molecule has 112 valence electrons. The van der Waals surface area contributed by atoms with Crippen LogP contribution in [-0.2, 0) is 0 Å². The lowest BCUT2D eigenvalue weighted by Crippen LogP contribution is -2.27. The van der Waals surface area contributed by atoms with Gasteiger partial charge in [0.2, 0.25) is 0 Å². The Morgan fingerprint density at radius 2 is 2.15 bits per heavy atom. The zero-order valence-corrected chi connectivity index (χ0v) is 14.6. The molecular weight excluding hydrogens is 338 g/mol. The average molecular weight is 361 g/mol. The van der Waals surface area contributed by atoms with Gasteiger partial charge < -0.3 is 10.1 Å². The van der Waals surface area contributed by atoms with Crippen LogP contribution in [0.25, 0.3) is 0 Å². The van der Waals surface area contributed by atoms with E-state index in [2.05, 4.69) is 28.2 Å². The highest BCUT2D eigenvalue weighted by atomic mass is 79.9. The van der Waals surface area contributed by atoms with Gasteiger partial charge in [-0.2, -0.15) is 0 Å². The third-order valence-electron chi connectivity index (χ3n) is 4.02. The Bertz CT molecular complexity index is 452. The topological polar surface area (TPSA) is 21.3 Å². The minimum Gasteiger partial charge on any atom is -0.491 e. The Kier molecular flexibility index (Phi) is 6.03. The van der Waals surface area contributed by atoms with E-state index in [1.165, 1.54) is 32.1 Å². The Morgan fingerprint density at radius 3 is 2.85 bits per heavy atom. The lowest BCUT2D eigenvalue weighted by molar-refractivity contribution is 0.322. The van der Waals surface area contributed by atoms with Crippen molar-refractivity contribution in [3.05, 3.63) is 21.6 Å². The summed E-state index contributed by atoms with van der Waals surface area (Å²) in [5, 5.41) is 4.37. The first-order valence-corrected chi connectivity index (χ1v) is 8.69. The molecule has 0 aliphatic heterocycles. The predicted octanol–water partition coefficient (Wildman–Crippen LogP) is 5.88. The largest absolute Gasteiger partial charge is 0.491 e. The van der Waals surface area contributed by atoms with Crippen LogP contribution in [0.1, 0.15) is 46.0 Å². The van der Waals surface area contributed by atoms with Gasteiger partial charge in [0.25, 0.3) is 0 Å². The van der Waals surface area contributed by atoms with Gasteiger partial charge in [-0.05, 0) is 53.7 Å². The van der Waals surface area contributed by atoms with Gasteiger partial charge in [-0.3, -0.25) is 0 Å². The molecule has 20 heavy (non-hydrogen) atoms. The van der Waals surface area contributed by atoms with Crippen LogP contribution >= 0.6 is 27.5 Å². The molecule has 0 saturated heterocycles. The van der Waals surface area contributed by atoms with E-state index in [4.69, 9.17) is 16.3 Å². The fourth-order valence-corrected chi connectivity index (χ4v) is 3.90. The second-order valence-corrected chi connectivity index (χ2v) is 6.77. The lowest BCUT2D eigenvalue weighted by Gasteiger charge is -2.30. The molecule has 0 spiro atoms. The lowest BCUT2D eigenvalue weighted by atomic mass is 9.84. The molecule has 0 heterocycles. The number of hydrogen-bond acceptors (Lipinski definition) is 2. The molecule has 1 aromatic carbocycles. The maximum absolute atomic E-state index is 6.17. The summed E-state index contributed by atoms with van der Waals surface area (Å²) < 4.78 is 6.66. The van der Waals surface area contributed by atoms with E-state index in [9.17, 15) is 0 Å². The number of nitrogens with one attached hydrogen (secondary N) is 1. The van der Waals surface area contributed by atoms with Crippen LogP contribution in [-0.4, -0.2) is 12.6 Å². The average Bonchev–Trinajstić information content (AvgIpc) is 2.43. The van der Waals surface area contributed by atoms with Gasteiger partial charge >= 0.3 is 0 Å². The fourth-order valence-electron chi connectivity index (χ4n) is 2.97. The Balaban J connectivity index is 2.15. The van der Waals surface area contributed by atoms with Gasteiger partial charge in [-0.1, -0.05) is 37.8 Å². The first-order chi connectivity index (χ1) is 9.63. The molecule has 2 unspecified atom stereocenters. The van der Waals surface area contributed by atoms with Crippen LogP contribution in [0, 0.1) is 5.92 Å². The Labute approximate surface area is 135 Å². The van der Waals surface area contributed by atoms with Crippen molar-refractivity contribution in [3.8, 4) is 5.75 Å². The number of ether oxygens (including phenoxy) is 1. The van der Waals surface area contributed by atoms with Crippen LogP contribution in [0.4, 0.5) is 5.69 Å². The first kappa shape index (κ1) is 16.0. The van der Waals surface area contributed by atoms with Gasteiger partial charge in [0.1, 0.15) is 0 Å². The quantitative estimate of drug-likeness (QED) is 0.707. The van der Waals surface area contributed by atoms with E-state index in [0.29, 0.717) is 12.6 Å². The predicted molar refractivity (Wildman–Crippen MR) is 90.0 cm³/mol. The molecule has 4 heteroatoms. The standard InChI is InChI=1S/C16H23BrClNO/c1-3-11-6-5-7-13(8-11)19-15-10-12(18)9-14(17)16(15)20-4-2/h9-11,13,19H,3-8H2,1-2H3. The summed E-state index contributed by atoms with van der Waals surface area (Å²) >= 11 is 9.71. The molecule has 1 aliphatic rings. The molecule has 0 aromatic heterocycles. The molecule has 0 bridgehead atoms. The molecule has 1 saturated carbocycles. The highest BCUT2D eigenvalue weighted by molar-refractivity contribution is 9.10. The van der Waals surface area contributed by atoms with Crippen LogP contribution in [0.15, 0.2) is 16.6 Å². The van der Waals surface area contributed by atoms with Crippen LogP contribution in [0.5, 0.6) is 5.75 Å². The molecule has 0 radical (unpaired) electrons. The van der Waals surface area contributed by atoms with E-state index >= 15 is 0 Å². The van der Waals surface area contributed by atoms with Crippen molar-refractivity contribution in [3.63, 3.8) is 0 Å². The third-order valence-corrected chi connectivity index (χ3v) is 4.82. The normalized spacial score (nSPS) is 22.6. The second-order valence-electron chi connectivity index (χ2n) is 5.48. The summed E-state index contributed by atoms with van der Waals surface area (Å²) in [6.07, 6.45) is 6.42. The maximum Gasteiger partial charge on any atom is 0.156 e. The molecular formula is C16H23BrClNO. The van der Waals surface area contributed by atoms with Crippen molar-refractivity contribution in [2.24, 2.45) is 5.92 Å². The van der Waals surface area contributed by atoms with Crippen molar-refractivity contribution >= 4 is 33.2 Å². The molecule has 1 N–H and O–H groups in total. The van der Waals surface area contributed by atoms with E-state index in [-0.39, 0.29) is 0 Å². The molecule has 0 amide bonds. The third kappa shape index (κ3) is 4.05. The first-order valence-electron chi connectivity index (χ1n) is 7.52. The molecule has 1 fully saturated rings. The van der Waals surface area contributed by atoms with E-state index in [0.717, 1.165) is 26.9 Å². The Hall–Kier alpha value is -0.410. The minimum absolute atomic E-state index is 0.526. The van der Waals surface area contributed by atoms with Crippen molar-refractivity contribution in [1.82, 2.24) is 0 Å². The number of anilines is 1. The number of rotatable bonds is 5. The van der Waals surface area contributed by atoms with Crippen molar-refractivity contribution in [1.29, 1.82) is 0 Å². The smallest absolute Gasteiger partial charge is 0.156 e. The zero-order chi connectivity index (χ0) is 14.5. The summed E-state index contributed by atoms with van der Waals surface area (Å²) in [6.45, 7) is 4.93. The van der Waals surface area contributed by atoms with Crippen molar-refractivity contribution in [2.45, 2.75) is 52.0 Å². The molecule has 1 aliphatic carbocycles. The molecule has 1 aromatic rings. The van der Waals surface area contributed by atoms with Crippen LogP contribution in [0.2, 0.25) is 5.02 Å². The van der Waals surface area contributed by atoms with E-state index in [1.54, 1.807) is 0 Å². The summed E-state index contributed by atoms with van der Waals surface area (Å²) in [7, 11) is 0. The van der Waals surface area contributed by atoms with Crippen molar-refractivity contribution in [2.75, 3.05) is 11.9 Å². The summed E-state index contributed by atoms with van der Waals surface area (Å²) in [5.41, 5.74) is 1.01. The highest BCUT2D eigenvalue weighted by Gasteiger charge is 2.22. The van der Waals surface area contributed by atoms with Crippen molar-refractivity contribution < 1.29 is 4.74 Å². The molecule has 2 nitrogen and oxygen atoms in total. The fraction of sp³-hybridized carbons (Fsp3) is 0.625. The monoisotopic (exact) mass is 359 g/mol. The minimum atomic E-state index is 0.526. The second kappa shape index (κ2) is 7.56. The molecule has 2 rings (SSSR count). The van der Waals surface area contributed by atoms with Gasteiger partial charge in [0.15, 0.2) is 5.75 Å². The maximum atomic E-state index is 6.17. The zero-order valence-electron chi connectivity index (χ0n) is 12.2. The molecule has 2 atom stereocenters. The number of halogens is 2. The Morgan fingerprint density at radius 1 is 1.35 bits per heavy atom. The van der Waals surface area contributed by atoms with Gasteiger partial charge in [0, 0.05) is 11.1 Å². The van der Waals surface area contributed by atoms with E-state index in [1.807, 2.05) is 19.1 Å². The summed E-state index contributed by atoms with van der Waals surface area (Å²) in [6, 6.07) is 4.37. The van der Waals surface area contributed by atoms with Crippen LogP contribution < -0.4 is 10.1 Å². The van der Waals surface area contributed by atoms with Gasteiger partial charge in [-0.15, -0.1) is 0 Å². The van der Waals surface area contributed by atoms with Gasteiger partial charge in [0.05, 0.1) is 16.8 Å².